The summed E-state index contributed by atoms with van der Waals surface area (Å²) in [6.07, 6.45) is 6.74. The van der Waals surface area contributed by atoms with Gasteiger partial charge in [-0.25, -0.2) is 8.42 Å². The number of benzene rings is 2. The molecule has 3 atom stereocenters. The van der Waals surface area contributed by atoms with E-state index in [-0.39, 0.29) is 26.5 Å². The van der Waals surface area contributed by atoms with Crippen LogP contribution < -0.4 is 10.5 Å². The van der Waals surface area contributed by atoms with Crippen LogP contribution >= 0.6 is 23.2 Å². The summed E-state index contributed by atoms with van der Waals surface area (Å²) in [7, 11) is -4.05. The van der Waals surface area contributed by atoms with E-state index >= 15 is 0 Å². The number of nitrogens with two attached hydrogens (primary N) is 1. The van der Waals surface area contributed by atoms with E-state index in [9.17, 15) is 13.2 Å². The number of carbonyl (C=O) groups excluding carboxylic acids is 1. The van der Waals surface area contributed by atoms with Gasteiger partial charge in [0.05, 0.1) is 20.6 Å². The van der Waals surface area contributed by atoms with Crippen LogP contribution in [-0.2, 0) is 21.2 Å². The minimum Gasteiger partial charge on any atom is -0.396 e. The van der Waals surface area contributed by atoms with E-state index in [1.54, 1.807) is 0 Å². The molecule has 1 amide bonds. The highest BCUT2D eigenvalue weighted by molar-refractivity contribution is 7.89. The first-order valence-corrected chi connectivity index (χ1v) is 14.1. The number of nitrogens with zero attached hydrogens (tertiary/aromatic N) is 1. The van der Waals surface area contributed by atoms with Crippen LogP contribution in [-0.4, -0.2) is 38.4 Å². The second kappa shape index (κ2) is 10.9. The first-order chi connectivity index (χ1) is 16.2. The normalized spacial score (nSPS) is 21.6. The minimum absolute atomic E-state index is 0.0550. The Morgan fingerprint density at radius 2 is 1.71 bits per heavy atom. The lowest BCUT2D eigenvalue weighted by Crippen LogP contribution is -2.53. The van der Waals surface area contributed by atoms with E-state index in [0.29, 0.717) is 37.8 Å². The third-order valence-corrected chi connectivity index (χ3v) is 9.20. The molecule has 0 aromatic heterocycles. The molecule has 6 nitrogen and oxygen atoms in total. The van der Waals surface area contributed by atoms with E-state index in [1.165, 1.54) is 31.4 Å². The lowest BCUT2D eigenvalue weighted by Gasteiger charge is -2.42. The van der Waals surface area contributed by atoms with Crippen LogP contribution in [0.3, 0.4) is 0 Å². The third-order valence-electron chi connectivity index (χ3n) is 7.13. The van der Waals surface area contributed by atoms with Crippen LogP contribution in [0.25, 0.3) is 0 Å². The van der Waals surface area contributed by atoms with E-state index in [4.69, 9.17) is 28.9 Å². The van der Waals surface area contributed by atoms with Crippen LogP contribution in [0.15, 0.2) is 47.4 Å². The third kappa shape index (κ3) is 5.88. The molecule has 1 aliphatic heterocycles. The van der Waals surface area contributed by atoms with Crippen molar-refractivity contribution >= 4 is 44.8 Å². The maximum Gasteiger partial charge on any atom is 0.241 e. The number of anilines is 1. The van der Waals surface area contributed by atoms with Crippen molar-refractivity contribution < 1.29 is 13.2 Å². The molecule has 0 radical (unpaired) electrons. The maximum absolute atomic E-state index is 13.6. The van der Waals surface area contributed by atoms with Crippen molar-refractivity contribution in [1.29, 1.82) is 0 Å². The minimum atomic E-state index is -4.05. The van der Waals surface area contributed by atoms with Gasteiger partial charge >= 0.3 is 0 Å². The van der Waals surface area contributed by atoms with Crippen molar-refractivity contribution in [2.24, 2.45) is 11.8 Å². The Labute approximate surface area is 211 Å². The van der Waals surface area contributed by atoms with Gasteiger partial charge in [-0.1, -0.05) is 72.8 Å². The number of aryl methyl sites for hydroxylation is 1. The number of halogens is 2. The maximum atomic E-state index is 13.6. The number of nitrogens with one attached hydrogen (secondary N) is 1. The van der Waals surface area contributed by atoms with E-state index in [0.717, 1.165) is 18.4 Å². The van der Waals surface area contributed by atoms with Gasteiger partial charge < -0.3 is 10.6 Å². The zero-order valence-corrected chi connectivity index (χ0v) is 21.4. The fourth-order valence-corrected chi connectivity index (χ4v) is 7.07. The number of piperidine rings is 1. The van der Waals surface area contributed by atoms with Crippen molar-refractivity contribution in [3.8, 4) is 0 Å². The Morgan fingerprint density at radius 3 is 2.38 bits per heavy atom. The SMILES string of the molecule is Nc1c(Cl)cc(S(=O)(=O)N[C@H](CCc2ccccc2)C(=O)N2CC[C@H]3CCCC[C@H]3C2)cc1Cl. The summed E-state index contributed by atoms with van der Waals surface area (Å²) in [5, 5.41) is 0.110. The summed E-state index contributed by atoms with van der Waals surface area (Å²) in [5.74, 6) is 1.01. The molecule has 1 heterocycles. The predicted molar refractivity (Wildman–Crippen MR) is 136 cm³/mol. The zero-order chi connectivity index (χ0) is 24.3. The number of carbonyl (C=O) groups is 1. The summed E-state index contributed by atoms with van der Waals surface area (Å²) in [6, 6.07) is 11.4. The van der Waals surface area contributed by atoms with Crippen LogP contribution in [0.5, 0.6) is 0 Å². The zero-order valence-electron chi connectivity index (χ0n) is 19.1. The molecule has 34 heavy (non-hydrogen) atoms. The van der Waals surface area contributed by atoms with Crippen LogP contribution in [0, 0.1) is 11.8 Å². The number of rotatable bonds is 7. The Bertz CT molecular complexity index is 1100. The molecule has 184 valence electrons. The van der Waals surface area contributed by atoms with E-state index in [2.05, 4.69) is 4.72 Å². The monoisotopic (exact) mass is 523 g/mol. The number of hydrogen-bond donors (Lipinski definition) is 2. The van der Waals surface area contributed by atoms with Crippen molar-refractivity contribution in [3.63, 3.8) is 0 Å². The fourth-order valence-electron chi connectivity index (χ4n) is 5.18. The number of amides is 1. The highest BCUT2D eigenvalue weighted by atomic mass is 35.5. The average Bonchev–Trinajstić information content (AvgIpc) is 2.84. The Hall–Kier alpha value is -1.80. The average molecular weight is 525 g/mol. The number of fused-ring (bicyclic) bond motifs is 1. The largest absolute Gasteiger partial charge is 0.396 e. The lowest BCUT2D eigenvalue weighted by molar-refractivity contribution is -0.136. The lowest BCUT2D eigenvalue weighted by atomic mass is 9.75. The molecular formula is C25H31Cl2N3O3S. The van der Waals surface area contributed by atoms with Crippen molar-refractivity contribution in [2.45, 2.75) is 55.9 Å². The second-order valence-corrected chi connectivity index (χ2v) is 11.9. The summed E-state index contributed by atoms with van der Waals surface area (Å²) in [4.78, 5) is 15.4. The highest BCUT2D eigenvalue weighted by Gasteiger charge is 2.36. The second-order valence-electron chi connectivity index (χ2n) is 9.38. The first-order valence-electron chi connectivity index (χ1n) is 11.8. The van der Waals surface area contributed by atoms with E-state index in [1.807, 2.05) is 35.2 Å². The van der Waals surface area contributed by atoms with Gasteiger partial charge in [-0.3, -0.25) is 4.79 Å². The summed E-state index contributed by atoms with van der Waals surface area (Å²) in [5.41, 5.74) is 6.93. The van der Waals surface area contributed by atoms with Crippen molar-refractivity contribution in [2.75, 3.05) is 18.8 Å². The molecule has 2 aliphatic rings. The molecule has 4 rings (SSSR count). The smallest absolute Gasteiger partial charge is 0.241 e. The number of sulfonamides is 1. The predicted octanol–water partition coefficient (Wildman–Crippen LogP) is 4.89. The Morgan fingerprint density at radius 1 is 1.06 bits per heavy atom. The summed E-state index contributed by atoms with van der Waals surface area (Å²) < 4.78 is 29.1. The van der Waals surface area contributed by atoms with Gasteiger partial charge in [0.15, 0.2) is 0 Å². The van der Waals surface area contributed by atoms with Gasteiger partial charge in [0, 0.05) is 13.1 Å². The van der Waals surface area contributed by atoms with Gasteiger partial charge in [-0.2, -0.15) is 4.72 Å². The molecule has 1 saturated heterocycles. The van der Waals surface area contributed by atoms with Crippen molar-refractivity contribution in [3.05, 3.63) is 58.1 Å². The van der Waals surface area contributed by atoms with Crippen molar-refractivity contribution in [1.82, 2.24) is 9.62 Å². The molecule has 1 aliphatic carbocycles. The molecule has 2 aromatic carbocycles. The first kappa shape index (κ1) is 25.3. The standard InChI is InChI=1S/C25H31Cl2N3O3S/c26-21-14-20(15-22(27)24(21)28)34(32,33)29-23(11-10-17-6-2-1-3-7-17)25(31)30-13-12-18-8-4-5-9-19(18)16-30/h1-3,6-7,14-15,18-19,23,29H,4-5,8-13,16,28H2/t18-,19+,23-/m1/s1. The molecular weight excluding hydrogens is 493 g/mol. The molecule has 0 unspecified atom stereocenters. The quantitative estimate of drug-likeness (QED) is 0.505. The van der Waals surface area contributed by atoms with Crippen LogP contribution in [0.1, 0.15) is 44.1 Å². The Balaban J connectivity index is 1.55. The molecule has 9 heteroatoms. The van der Waals surface area contributed by atoms with Crippen LogP contribution in [0.2, 0.25) is 10.0 Å². The summed E-state index contributed by atoms with van der Waals surface area (Å²) in [6.45, 7) is 1.37. The summed E-state index contributed by atoms with van der Waals surface area (Å²) >= 11 is 12.2. The van der Waals surface area contributed by atoms with Gasteiger partial charge in [-0.15, -0.1) is 0 Å². The molecule has 3 N–H and O–H groups in total. The number of hydrogen-bond acceptors (Lipinski definition) is 4. The van der Waals surface area contributed by atoms with E-state index < -0.39 is 16.1 Å². The molecule has 0 spiro atoms. The van der Waals surface area contributed by atoms with Crippen LogP contribution in [0.4, 0.5) is 5.69 Å². The Kier molecular flexibility index (Phi) is 8.08. The van der Waals surface area contributed by atoms with Gasteiger partial charge in [0.1, 0.15) is 6.04 Å². The molecule has 1 saturated carbocycles. The highest BCUT2D eigenvalue weighted by Crippen LogP contribution is 2.36. The molecule has 0 bridgehead atoms. The van der Waals surface area contributed by atoms with Gasteiger partial charge in [0.2, 0.25) is 15.9 Å². The fraction of sp³-hybridized carbons (Fsp3) is 0.480. The van der Waals surface area contributed by atoms with Gasteiger partial charge in [-0.05, 0) is 55.2 Å². The number of nitrogen functional groups attached to an aromatic ring is 1. The van der Waals surface area contributed by atoms with Gasteiger partial charge in [0.25, 0.3) is 0 Å². The topological polar surface area (TPSA) is 92.5 Å². The number of likely N-dealkylation sites (tertiary alicyclic amines) is 1. The molecule has 2 fully saturated rings. The molecule has 2 aromatic rings.